The number of hydrogen-bond donors (Lipinski definition) is 0. The van der Waals surface area contributed by atoms with Gasteiger partial charge in [0.25, 0.3) is 0 Å². The van der Waals surface area contributed by atoms with Crippen molar-refractivity contribution in [3.63, 3.8) is 0 Å². The van der Waals surface area contributed by atoms with Crippen LogP contribution in [-0.2, 0) is 0 Å². The van der Waals surface area contributed by atoms with Crippen LogP contribution in [0.25, 0.3) is 0 Å². The Morgan fingerprint density at radius 1 is 1.27 bits per heavy atom. The molecule has 0 atom stereocenters. The van der Waals surface area contributed by atoms with E-state index in [0.29, 0.717) is 5.38 Å². The smallest absolute Gasteiger partial charge is 0.309 e. The van der Waals surface area contributed by atoms with Crippen molar-refractivity contribution in [2.75, 3.05) is 20.1 Å². The van der Waals surface area contributed by atoms with Crippen LogP contribution >= 0.6 is 29.7 Å². The van der Waals surface area contributed by atoms with Gasteiger partial charge in [0, 0.05) is 5.38 Å². The van der Waals surface area contributed by atoms with Gasteiger partial charge in [-0.25, -0.2) is 0 Å². The molecule has 0 unspecified atom stereocenters. The first-order valence-corrected chi connectivity index (χ1v) is 8.36. The third kappa shape index (κ3) is 7.94. The Bertz CT molecular complexity index is 75.9. The molecule has 0 radical (unpaired) electrons. The molecule has 64 valence electrons. The lowest BCUT2D eigenvalue weighted by Crippen LogP contribution is -2.30. The van der Waals surface area contributed by atoms with Crippen LogP contribution in [0.2, 0.25) is 0 Å². The second-order valence-electron chi connectivity index (χ2n) is 2.58. The van der Waals surface area contributed by atoms with Crippen LogP contribution in [0.4, 0.5) is 0 Å². The monoisotopic (exact) mass is 227 g/mol. The zero-order valence-corrected chi connectivity index (χ0v) is 10.4. The van der Waals surface area contributed by atoms with Gasteiger partial charge in [-0.1, -0.05) is 0 Å². The van der Waals surface area contributed by atoms with Gasteiger partial charge < -0.3 is 23.0 Å². The number of hydrogen-bond acceptors (Lipinski definition) is 1. The number of rotatable bonds is 0. The molecule has 0 aromatic carbocycles. The molecule has 1 nitrogen and oxygen atoms in total. The van der Waals surface area contributed by atoms with Crippen molar-refractivity contribution in [2.24, 2.45) is 0 Å². The minimum Gasteiger partial charge on any atom is -0.309 e. The minimum atomic E-state index is -0.639. The quantitative estimate of drug-likeness (QED) is 0.455. The molecule has 0 aromatic heterocycles. The van der Waals surface area contributed by atoms with Crippen LogP contribution in [0.1, 0.15) is 12.8 Å². The van der Waals surface area contributed by atoms with Gasteiger partial charge in [-0.05, 0) is 33.0 Å². The fraction of sp³-hybridized carbons (Fsp3) is 1.00. The lowest BCUT2D eigenvalue weighted by Gasteiger charge is -2.24. The van der Waals surface area contributed by atoms with Crippen molar-refractivity contribution in [3.05, 3.63) is 0 Å². The van der Waals surface area contributed by atoms with Crippen molar-refractivity contribution in [3.8, 4) is 0 Å². The van der Waals surface area contributed by atoms with E-state index in [1.54, 1.807) is 0 Å². The predicted octanol–water partition coefficient (Wildman–Crippen LogP) is 2.32. The number of nitrogens with zero attached hydrogens (tertiary/aromatic N) is 1. The summed E-state index contributed by atoms with van der Waals surface area (Å²) >= 11 is 5.22. The minimum absolute atomic E-state index is 0.450. The summed E-state index contributed by atoms with van der Waals surface area (Å²) in [5, 5.41) is 0.450. The molecule has 0 spiro atoms. The number of alkyl halides is 1. The Morgan fingerprint density at radius 3 is 1.91 bits per heavy atom. The first-order chi connectivity index (χ1) is 5.20. The normalized spacial score (nSPS) is 20.0. The van der Waals surface area contributed by atoms with E-state index in [9.17, 15) is 0 Å². The van der Waals surface area contributed by atoms with Gasteiger partial charge in [-0.15, -0.1) is 11.6 Å². The summed E-state index contributed by atoms with van der Waals surface area (Å²) in [6.07, 6.45) is 2.33. The third-order valence-corrected chi connectivity index (χ3v) is 2.08. The molecule has 1 rings (SSSR count). The van der Waals surface area contributed by atoms with Gasteiger partial charge in [-0.2, -0.15) is 0 Å². The summed E-state index contributed by atoms with van der Waals surface area (Å²) in [5.74, 6) is 0. The highest BCUT2D eigenvalue weighted by Crippen LogP contribution is 2.13. The second kappa shape index (κ2) is 8.21. The first-order valence-electron chi connectivity index (χ1n) is 3.65. The van der Waals surface area contributed by atoms with Crippen molar-refractivity contribution < 1.29 is 0 Å². The summed E-state index contributed by atoms with van der Waals surface area (Å²) in [6, 6.07) is 0. The Hall–Kier alpha value is 1.60. The lowest BCUT2D eigenvalue weighted by atomic mass is 10.1. The second-order valence-corrected chi connectivity index (χ2v) is 5.82. The molecule has 5 heteroatoms. The highest BCUT2D eigenvalue weighted by molar-refractivity contribution is 7.22. The molecule has 1 heterocycles. The summed E-state index contributed by atoms with van der Waals surface area (Å²) in [5.41, 5.74) is 0. The van der Waals surface area contributed by atoms with Crippen LogP contribution in [0.5, 0.6) is 0 Å². The summed E-state index contributed by atoms with van der Waals surface area (Å²) < 4.78 is 0. The van der Waals surface area contributed by atoms with E-state index in [0.717, 1.165) is 12.8 Å². The topological polar surface area (TPSA) is 3.24 Å². The highest BCUT2D eigenvalue weighted by atomic mass is 35.6. The maximum Gasteiger partial charge on any atom is 0.618 e. The number of halogens is 3. The van der Waals surface area contributed by atoms with E-state index in [-0.39, 0.29) is 0 Å². The van der Waals surface area contributed by atoms with E-state index in [1.807, 2.05) is 0 Å². The van der Waals surface area contributed by atoms with Crippen LogP contribution in [0, 0.1) is 0 Å². The molecule has 0 aliphatic carbocycles. The average Bonchev–Trinajstić information content (AvgIpc) is 1.97. The average molecular weight is 229 g/mol. The first kappa shape index (κ1) is 12.6. The zero-order valence-electron chi connectivity index (χ0n) is 6.69. The van der Waals surface area contributed by atoms with E-state index in [4.69, 9.17) is 29.7 Å². The molecule has 0 amide bonds. The molecular formula is C6H12Cl3MgN. The summed E-state index contributed by atoms with van der Waals surface area (Å²) in [4.78, 5) is 2.32. The van der Waals surface area contributed by atoms with Crippen molar-refractivity contribution in [1.29, 1.82) is 0 Å². The Kier molecular flexibility index (Phi) is 9.40. The zero-order chi connectivity index (χ0) is 8.69. The van der Waals surface area contributed by atoms with Crippen molar-refractivity contribution in [1.82, 2.24) is 4.90 Å². The molecule has 0 bridgehead atoms. The van der Waals surface area contributed by atoms with Gasteiger partial charge in [0.1, 0.15) is 0 Å². The largest absolute Gasteiger partial charge is 0.618 e. The number of likely N-dealkylation sites (tertiary alicyclic amines) is 1. The Morgan fingerprint density at radius 2 is 1.64 bits per heavy atom. The van der Waals surface area contributed by atoms with Crippen LogP contribution in [0.15, 0.2) is 0 Å². The Balaban J connectivity index is 0.000000292. The SMILES string of the molecule is CN1CCC(Cl)CC1.[Cl][Mg][Cl]. The van der Waals surface area contributed by atoms with Crippen LogP contribution in [0.3, 0.4) is 0 Å². The van der Waals surface area contributed by atoms with Crippen molar-refractivity contribution >= 4 is 47.9 Å². The van der Waals surface area contributed by atoms with Gasteiger partial charge in [0.05, 0.1) is 0 Å². The van der Waals surface area contributed by atoms with E-state index < -0.39 is 18.2 Å². The molecule has 1 aliphatic rings. The van der Waals surface area contributed by atoms with Gasteiger partial charge >= 0.3 is 18.2 Å². The fourth-order valence-corrected chi connectivity index (χ4v) is 1.17. The van der Waals surface area contributed by atoms with Crippen LogP contribution in [-0.4, -0.2) is 48.6 Å². The van der Waals surface area contributed by atoms with Crippen LogP contribution < -0.4 is 0 Å². The van der Waals surface area contributed by atoms with Gasteiger partial charge in [0.15, 0.2) is 0 Å². The molecule has 1 saturated heterocycles. The molecule has 1 fully saturated rings. The maximum atomic E-state index is 5.86. The van der Waals surface area contributed by atoms with E-state index in [1.165, 1.54) is 13.1 Å². The lowest BCUT2D eigenvalue weighted by molar-refractivity contribution is 0.280. The van der Waals surface area contributed by atoms with E-state index >= 15 is 0 Å². The van der Waals surface area contributed by atoms with Gasteiger partial charge in [-0.3, -0.25) is 0 Å². The van der Waals surface area contributed by atoms with E-state index in [2.05, 4.69) is 11.9 Å². The highest BCUT2D eigenvalue weighted by Gasteiger charge is 2.12. The van der Waals surface area contributed by atoms with Crippen molar-refractivity contribution in [2.45, 2.75) is 18.2 Å². The summed E-state index contributed by atoms with van der Waals surface area (Å²) in [7, 11) is 11.9. The fourth-order valence-electron chi connectivity index (χ4n) is 0.977. The molecule has 0 N–H and O–H groups in total. The molecule has 0 aromatic rings. The maximum absolute atomic E-state index is 5.86. The third-order valence-electron chi connectivity index (χ3n) is 1.65. The Labute approximate surface area is 90.6 Å². The molecule has 11 heavy (non-hydrogen) atoms. The molecular weight excluding hydrogens is 217 g/mol. The predicted molar refractivity (Wildman–Crippen MR) is 53.8 cm³/mol. The summed E-state index contributed by atoms with van der Waals surface area (Å²) in [6.45, 7) is 2.35. The standard InChI is InChI=1S/C6H12ClN.2ClH.Mg/c1-8-4-2-6(7)3-5-8;;;/h6H,2-5H2,1H3;2*1H;/q;;;+2/p-2. The number of piperidine rings is 1. The molecule has 1 aliphatic heterocycles. The molecule has 0 saturated carbocycles. The van der Waals surface area contributed by atoms with Gasteiger partial charge in [0.2, 0.25) is 0 Å².